The Bertz CT molecular complexity index is 1740. The molecule has 3 heteroatoms. The number of hydrogen-bond donors (Lipinski definition) is 0. The fraction of sp³-hybridized carbons (Fsp3) is 0.273. The van der Waals surface area contributed by atoms with E-state index >= 15 is 0 Å². The first-order chi connectivity index (χ1) is 17.0. The number of rotatable bonds is 0. The van der Waals surface area contributed by atoms with E-state index in [1.54, 1.807) is 0 Å². The van der Waals surface area contributed by atoms with Gasteiger partial charge in [-0.25, -0.2) is 0 Å². The van der Waals surface area contributed by atoms with Gasteiger partial charge in [-0.15, -0.1) is 0 Å². The number of nitrogens with zero attached hydrogens (tertiary/aromatic N) is 1. The third kappa shape index (κ3) is 2.80. The molecule has 0 N–H and O–H groups in total. The number of benzene rings is 4. The van der Waals surface area contributed by atoms with Gasteiger partial charge in [0.15, 0.2) is 0 Å². The van der Waals surface area contributed by atoms with Gasteiger partial charge in [0.1, 0.15) is 11.5 Å². The standard InChI is InChI=1S/C33H32BNO/c1-19-16-28-30-31-29(19)22-10-8-9-11-25(22)35(31)26-14-12-20(32(2,3)4)17-23(26)34(30)24-18-21(33(5,6)7)13-15-27(24)36-28/h8-18H,1-7H3. The number of para-hydroxylation sites is 1. The molecule has 0 amide bonds. The summed E-state index contributed by atoms with van der Waals surface area (Å²) in [7, 11) is 0. The monoisotopic (exact) mass is 469 g/mol. The van der Waals surface area contributed by atoms with Crippen molar-refractivity contribution in [3.63, 3.8) is 0 Å². The van der Waals surface area contributed by atoms with E-state index in [1.165, 1.54) is 60.6 Å². The molecule has 2 aliphatic heterocycles. The molecular formula is C33H32BNO. The van der Waals surface area contributed by atoms with Crippen molar-refractivity contribution in [1.29, 1.82) is 0 Å². The quantitative estimate of drug-likeness (QED) is 0.228. The Morgan fingerprint density at radius 3 is 2.11 bits per heavy atom. The predicted octanol–water partition coefficient (Wildman–Crippen LogP) is 6.62. The molecule has 0 radical (unpaired) electrons. The lowest BCUT2D eigenvalue weighted by molar-refractivity contribution is 0.486. The maximum absolute atomic E-state index is 6.69. The normalized spacial score (nSPS) is 14.1. The van der Waals surface area contributed by atoms with Crippen molar-refractivity contribution < 1.29 is 4.74 Å². The van der Waals surface area contributed by atoms with E-state index in [0.29, 0.717) is 0 Å². The molecule has 36 heavy (non-hydrogen) atoms. The second kappa shape index (κ2) is 6.85. The summed E-state index contributed by atoms with van der Waals surface area (Å²) in [6, 6.07) is 25.1. The second-order valence-corrected chi connectivity index (χ2v) is 12.7. The summed E-state index contributed by atoms with van der Waals surface area (Å²) in [5, 5.41) is 2.66. The molecule has 0 saturated carbocycles. The molecule has 1 aromatic heterocycles. The van der Waals surface area contributed by atoms with Gasteiger partial charge >= 0.3 is 0 Å². The van der Waals surface area contributed by atoms with Gasteiger partial charge in [0.25, 0.3) is 6.71 Å². The summed E-state index contributed by atoms with van der Waals surface area (Å²) < 4.78 is 9.19. The van der Waals surface area contributed by atoms with Crippen LogP contribution in [0.1, 0.15) is 58.2 Å². The van der Waals surface area contributed by atoms with Gasteiger partial charge in [0.05, 0.1) is 11.0 Å². The average Bonchev–Trinajstić information content (AvgIpc) is 3.17. The zero-order chi connectivity index (χ0) is 25.1. The lowest BCUT2D eigenvalue weighted by Crippen LogP contribution is -2.58. The molecule has 0 atom stereocenters. The van der Waals surface area contributed by atoms with Gasteiger partial charge in [-0.05, 0) is 75.1 Å². The number of aryl methyl sites for hydroxylation is 1. The van der Waals surface area contributed by atoms with Gasteiger partial charge < -0.3 is 9.30 Å². The third-order valence-corrected chi connectivity index (χ3v) is 8.28. The lowest BCUT2D eigenvalue weighted by Gasteiger charge is -2.35. The lowest BCUT2D eigenvalue weighted by atomic mass is 9.34. The molecule has 178 valence electrons. The van der Waals surface area contributed by atoms with Gasteiger partial charge in [-0.1, -0.05) is 84.0 Å². The summed E-state index contributed by atoms with van der Waals surface area (Å²) in [4.78, 5) is 0. The van der Waals surface area contributed by atoms with Crippen molar-refractivity contribution in [3.05, 3.63) is 83.4 Å². The Kier molecular flexibility index (Phi) is 4.15. The molecule has 0 unspecified atom stereocenters. The molecule has 0 saturated heterocycles. The highest BCUT2D eigenvalue weighted by molar-refractivity contribution is 6.99. The summed E-state index contributed by atoms with van der Waals surface area (Å²) >= 11 is 0. The Morgan fingerprint density at radius 1 is 0.722 bits per heavy atom. The summed E-state index contributed by atoms with van der Waals surface area (Å²) in [5.74, 6) is 1.98. The minimum Gasteiger partial charge on any atom is -0.458 e. The molecule has 7 rings (SSSR count). The van der Waals surface area contributed by atoms with Gasteiger partial charge in [-0.2, -0.15) is 0 Å². The highest BCUT2D eigenvalue weighted by Gasteiger charge is 2.41. The summed E-state index contributed by atoms with van der Waals surface area (Å²) in [6.45, 7) is 16.1. The molecular weight excluding hydrogens is 437 g/mol. The first-order valence-electron chi connectivity index (χ1n) is 13.1. The Balaban J connectivity index is 1.67. The second-order valence-electron chi connectivity index (χ2n) is 12.7. The van der Waals surface area contributed by atoms with E-state index < -0.39 is 0 Å². The number of hydrogen-bond acceptors (Lipinski definition) is 1. The topological polar surface area (TPSA) is 14.2 Å². The van der Waals surface area contributed by atoms with Crippen LogP contribution in [0.5, 0.6) is 11.5 Å². The van der Waals surface area contributed by atoms with Crippen LogP contribution in [-0.2, 0) is 10.8 Å². The maximum atomic E-state index is 6.69. The van der Waals surface area contributed by atoms with Crippen molar-refractivity contribution in [2.24, 2.45) is 0 Å². The molecule has 0 spiro atoms. The summed E-state index contributed by atoms with van der Waals surface area (Å²) in [5.41, 5.74) is 11.9. The van der Waals surface area contributed by atoms with Crippen LogP contribution >= 0.6 is 0 Å². The number of ether oxygens (including phenoxy) is 1. The van der Waals surface area contributed by atoms with Crippen molar-refractivity contribution in [3.8, 4) is 17.2 Å². The highest BCUT2D eigenvalue weighted by atomic mass is 16.5. The summed E-state index contributed by atoms with van der Waals surface area (Å²) in [6.07, 6.45) is 0. The van der Waals surface area contributed by atoms with Crippen LogP contribution < -0.4 is 21.1 Å². The van der Waals surface area contributed by atoms with E-state index in [0.717, 1.165) is 11.5 Å². The van der Waals surface area contributed by atoms with Gasteiger partial charge in [0.2, 0.25) is 0 Å². The highest BCUT2D eigenvalue weighted by Crippen LogP contribution is 2.41. The molecule has 5 aromatic rings. The van der Waals surface area contributed by atoms with Crippen molar-refractivity contribution in [2.75, 3.05) is 0 Å². The van der Waals surface area contributed by atoms with E-state index in [1.807, 2.05) is 0 Å². The Hall–Kier alpha value is -3.46. The van der Waals surface area contributed by atoms with Crippen LogP contribution in [0, 0.1) is 6.92 Å². The molecule has 0 aliphatic carbocycles. The van der Waals surface area contributed by atoms with E-state index in [-0.39, 0.29) is 17.5 Å². The Labute approximate surface area is 214 Å². The van der Waals surface area contributed by atoms with Crippen LogP contribution in [0.3, 0.4) is 0 Å². The minimum atomic E-state index is 0.0670. The predicted molar refractivity (Wildman–Crippen MR) is 154 cm³/mol. The number of fused-ring (bicyclic) bond motifs is 8. The van der Waals surface area contributed by atoms with Crippen molar-refractivity contribution in [2.45, 2.75) is 59.3 Å². The smallest absolute Gasteiger partial charge is 0.256 e. The fourth-order valence-corrected chi connectivity index (χ4v) is 6.36. The maximum Gasteiger partial charge on any atom is 0.256 e. The third-order valence-electron chi connectivity index (χ3n) is 8.28. The SMILES string of the molecule is Cc1cc2c3c4c1c1ccccc1n4-c1ccc(C(C)(C)C)cc1B3c1cc(C(C)(C)C)ccc1O2. The average molecular weight is 469 g/mol. The van der Waals surface area contributed by atoms with Crippen LogP contribution in [-0.4, -0.2) is 11.3 Å². The molecule has 0 fully saturated rings. The van der Waals surface area contributed by atoms with E-state index in [4.69, 9.17) is 4.74 Å². The zero-order valence-electron chi connectivity index (χ0n) is 22.3. The first kappa shape index (κ1) is 21.8. The molecule has 0 bridgehead atoms. The van der Waals surface area contributed by atoms with Crippen LogP contribution in [0.25, 0.3) is 27.5 Å². The fourth-order valence-electron chi connectivity index (χ4n) is 6.36. The Morgan fingerprint density at radius 2 is 1.39 bits per heavy atom. The molecule has 2 aliphatic rings. The first-order valence-corrected chi connectivity index (χ1v) is 13.1. The number of aromatic nitrogens is 1. The van der Waals surface area contributed by atoms with Crippen LogP contribution in [0.2, 0.25) is 0 Å². The van der Waals surface area contributed by atoms with Gasteiger partial charge in [-0.3, -0.25) is 0 Å². The van der Waals surface area contributed by atoms with Crippen LogP contribution in [0.4, 0.5) is 0 Å². The van der Waals surface area contributed by atoms with Crippen molar-refractivity contribution in [1.82, 2.24) is 4.57 Å². The largest absolute Gasteiger partial charge is 0.458 e. The minimum absolute atomic E-state index is 0.0670. The van der Waals surface area contributed by atoms with Crippen molar-refractivity contribution >= 4 is 44.9 Å². The van der Waals surface area contributed by atoms with Crippen LogP contribution in [0.15, 0.2) is 66.7 Å². The zero-order valence-corrected chi connectivity index (χ0v) is 22.3. The van der Waals surface area contributed by atoms with Gasteiger partial charge in [0, 0.05) is 16.5 Å². The molecule has 2 nitrogen and oxygen atoms in total. The van der Waals surface area contributed by atoms with E-state index in [9.17, 15) is 0 Å². The molecule has 4 aromatic carbocycles. The molecule has 3 heterocycles. The van der Waals surface area contributed by atoms with E-state index in [2.05, 4.69) is 120 Å².